The molecule has 0 unspecified atom stereocenters. The van der Waals surface area contributed by atoms with Crippen LogP contribution < -0.4 is 10.2 Å². The molecule has 21 heavy (non-hydrogen) atoms. The molecule has 1 aromatic rings. The first kappa shape index (κ1) is 16.1. The Balaban J connectivity index is 2.20. The van der Waals surface area contributed by atoms with Gasteiger partial charge in [-0.05, 0) is 55.5 Å². The minimum absolute atomic E-state index is 0.587. The zero-order valence-corrected chi connectivity index (χ0v) is 14.0. The van der Waals surface area contributed by atoms with Gasteiger partial charge >= 0.3 is 0 Å². The van der Waals surface area contributed by atoms with Crippen molar-refractivity contribution in [2.24, 2.45) is 5.92 Å². The van der Waals surface area contributed by atoms with Crippen LogP contribution in [0, 0.1) is 5.92 Å². The molecule has 1 fully saturated rings. The molecule has 0 bridgehead atoms. The molecular formula is C19H30N2. The molecule has 0 atom stereocenters. The summed E-state index contributed by atoms with van der Waals surface area (Å²) in [4.78, 5) is 2.48. The van der Waals surface area contributed by atoms with Gasteiger partial charge in [-0.25, -0.2) is 0 Å². The second-order valence-corrected chi connectivity index (χ2v) is 6.72. The molecule has 0 aliphatic carbocycles. The van der Waals surface area contributed by atoms with Gasteiger partial charge < -0.3 is 10.2 Å². The first-order valence-corrected chi connectivity index (χ1v) is 8.35. The molecule has 1 N–H and O–H groups in total. The van der Waals surface area contributed by atoms with E-state index in [-0.39, 0.29) is 0 Å². The molecule has 0 saturated carbocycles. The van der Waals surface area contributed by atoms with Crippen LogP contribution in [0.15, 0.2) is 36.5 Å². The summed E-state index contributed by atoms with van der Waals surface area (Å²) in [5.74, 6) is 1.18. The first-order chi connectivity index (χ1) is 10.1. The minimum atomic E-state index is 0.587. The van der Waals surface area contributed by atoms with E-state index < -0.39 is 0 Å². The van der Waals surface area contributed by atoms with Crippen molar-refractivity contribution in [2.45, 2.75) is 52.5 Å². The normalized spacial score (nSPS) is 17.0. The summed E-state index contributed by atoms with van der Waals surface area (Å²) in [7, 11) is 0. The molecule has 2 nitrogen and oxygen atoms in total. The number of benzene rings is 1. The number of anilines is 1. The van der Waals surface area contributed by atoms with Gasteiger partial charge in [0.2, 0.25) is 0 Å². The maximum Gasteiger partial charge on any atom is 0.0408 e. The number of hydrogen-bond acceptors (Lipinski definition) is 2. The third-order valence-electron chi connectivity index (χ3n) is 4.19. The van der Waals surface area contributed by atoms with Crippen molar-refractivity contribution >= 4 is 5.69 Å². The van der Waals surface area contributed by atoms with Gasteiger partial charge in [0.1, 0.15) is 0 Å². The van der Waals surface area contributed by atoms with Crippen molar-refractivity contribution in [2.75, 3.05) is 18.0 Å². The Hall–Kier alpha value is -1.28. The summed E-state index contributed by atoms with van der Waals surface area (Å²) >= 11 is 0. The van der Waals surface area contributed by atoms with Crippen molar-refractivity contribution < 1.29 is 0 Å². The Bertz CT molecular complexity index is 439. The van der Waals surface area contributed by atoms with E-state index in [1.54, 1.807) is 0 Å². The van der Waals surface area contributed by atoms with Crippen LogP contribution in [-0.4, -0.2) is 19.1 Å². The zero-order valence-electron chi connectivity index (χ0n) is 14.0. The van der Waals surface area contributed by atoms with Gasteiger partial charge in [-0.2, -0.15) is 0 Å². The van der Waals surface area contributed by atoms with Crippen LogP contribution in [0.5, 0.6) is 0 Å². The fraction of sp³-hybridized carbons (Fsp3) is 0.579. The number of hydrogen-bond donors (Lipinski definition) is 1. The first-order valence-electron chi connectivity index (χ1n) is 8.35. The fourth-order valence-electron chi connectivity index (χ4n) is 2.80. The van der Waals surface area contributed by atoms with Gasteiger partial charge in [0.25, 0.3) is 0 Å². The average Bonchev–Trinajstić information content (AvgIpc) is 2.49. The van der Waals surface area contributed by atoms with E-state index in [1.165, 1.54) is 24.1 Å². The largest absolute Gasteiger partial charge is 0.345 e. The highest BCUT2D eigenvalue weighted by Gasteiger charge is 2.19. The molecule has 1 aliphatic rings. The Kier molecular flexibility index (Phi) is 5.86. The molecule has 0 spiro atoms. The Morgan fingerprint density at radius 3 is 2.19 bits per heavy atom. The summed E-state index contributed by atoms with van der Waals surface area (Å²) in [6, 6.07) is 9.73. The molecule has 1 saturated heterocycles. The van der Waals surface area contributed by atoms with Crippen LogP contribution in [0.4, 0.5) is 5.69 Å². The number of rotatable bonds is 5. The van der Waals surface area contributed by atoms with Crippen molar-refractivity contribution in [3.8, 4) is 0 Å². The molecule has 1 aliphatic heterocycles. The van der Waals surface area contributed by atoms with Crippen LogP contribution in [0.25, 0.3) is 0 Å². The van der Waals surface area contributed by atoms with Gasteiger partial charge in [-0.3, -0.25) is 0 Å². The van der Waals surface area contributed by atoms with Crippen LogP contribution >= 0.6 is 0 Å². The van der Waals surface area contributed by atoms with Gasteiger partial charge in [-0.1, -0.05) is 45.9 Å². The predicted molar refractivity (Wildman–Crippen MR) is 92.9 cm³/mol. The summed E-state index contributed by atoms with van der Waals surface area (Å²) in [6.07, 6.45) is 7.03. The Morgan fingerprint density at radius 1 is 1.05 bits per heavy atom. The standard InChI is InChI=1S/C19H30N2/c1-15(2)11-14-21(19-9-12-20-13-10-19)18-7-5-17(6-8-18)16(3)4/h5-8,11,14-16,19-20H,9-10,12-13H2,1-4H3/b14-11+. The smallest absolute Gasteiger partial charge is 0.0408 e. The third-order valence-corrected chi connectivity index (χ3v) is 4.19. The Labute approximate surface area is 130 Å². The summed E-state index contributed by atoms with van der Waals surface area (Å²) < 4.78 is 0. The second kappa shape index (κ2) is 7.65. The van der Waals surface area contributed by atoms with Gasteiger partial charge in [0.15, 0.2) is 0 Å². The number of allylic oxidation sites excluding steroid dienone is 1. The lowest BCUT2D eigenvalue weighted by Gasteiger charge is -2.34. The molecule has 0 amide bonds. The van der Waals surface area contributed by atoms with Crippen molar-refractivity contribution in [1.29, 1.82) is 0 Å². The maximum atomic E-state index is 3.46. The average molecular weight is 286 g/mol. The maximum absolute atomic E-state index is 3.46. The lowest BCUT2D eigenvalue weighted by atomic mass is 10.0. The van der Waals surface area contributed by atoms with Crippen LogP contribution in [-0.2, 0) is 0 Å². The molecule has 116 valence electrons. The van der Waals surface area contributed by atoms with E-state index in [1.807, 2.05) is 0 Å². The monoisotopic (exact) mass is 286 g/mol. The molecule has 0 radical (unpaired) electrons. The second-order valence-electron chi connectivity index (χ2n) is 6.72. The van der Waals surface area contributed by atoms with E-state index in [0.717, 1.165) is 13.1 Å². The highest BCUT2D eigenvalue weighted by molar-refractivity contribution is 5.51. The van der Waals surface area contributed by atoms with E-state index in [4.69, 9.17) is 0 Å². The molecule has 0 aromatic heterocycles. The summed E-state index contributed by atoms with van der Waals surface area (Å²) in [5.41, 5.74) is 2.74. The summed E-state index contributed by atoms with van der Waals surface area (Å²) in [6.45, 7) is 11.2. The van der Waals surface area contributed by atoms with E-state index in [9.17, 15) is 0 Å². The molecular weight excluding hydrogens is 256 g/mol. The van der Waals surface area contributed by atoms with E-state index >= 15 is 0 Å². The SMILES string of the molecule is CC(C)/C=C/N(c1ccc(C(C)C)cc1)C1CCNCC1. The Morgan fingerprint density at radius 2 is 1.67 bits per heavy atom. The van der Waals surface area contributed by atoms with E-state index in [0.29, 0.717) is 17.9 Å². The zero-order chi connectivity index (χ0) is 15.2. The van der Waals surface area contributed by atoms with Crippen molar-refractivity contribution in [1.82, 2.24) is 5.32 Å². The summed E-state index contributed by atoms with van der Waals surface area (Å²) in [5, 5.41) is 3.46. The number of piperidine rings is 1. The highest BCUT2D eigenvalue weighted by atomic mass is 15.2. The molecule has 2 heteroatoms. The quantitative estimate of drug-likeness (QED) is 0.855. The van der Waals surface area contributed by atoms with Crippen molar-refractivity contribution in [3.05, 3.63) is 42.1 Å². The van der Waals surface area contributed by atoms with Crippen molar-refractivity contribution in [3.63, 3.8) is 0 Å². The molecule has 1 aromatic carbocycles. The van der Waals surface area contributed by atoms with E-state index in [2.05, 4.69) is 74.5 Å². The van der Waals surface area contributed by atoms with Gasteiger partial charge in [-0.15, -0.1) is 0 Å². The topological polar surface area (TPSA) is 15.3 Å². The lowest BCUT2D eigenvalue weighted by molar-refractivity contribution is 0.449. The number of nitrogens with zero attached hydrogens (tertiary/aromatic N) is 1. The van der Waals surface area contributed by atoms with Crippen LogP contribution in [0.1, 0.15) is 52.0 Å². The predicted octanol–water partition coefficient (Wildman–Crippen LogP) is 4.54. The van der Waals surface area contributed by atoms with Crippen LogP contribution in [0.3, 0.4) is 0 Å². The lowest BCUT2D eigenvalue weighted by Crippen LogP contribution is -2.40. The fourth-order valence-corrected chi connectivity index (χ4v) is 2.80. The minimum Gasteiger partial charge on any atom is -0.345 e. The molecule has 1 heterocycles. The third kappa shape index (κ3) is 4.60. The molecule has 2 rings (SSSR count). The highest BCUT2D eigenvalue weighted by Crippen LogP contribution is 2.25. The van der Waals surface area contributed by atoms with Crippen LogP contribution in [0.2, 0.25) is 0 Å². The van der Waals surface area contributed by atoms with Gasteiger partial charge in [0, 0.05) is 17.9 Å². The van der Waals surface area contributed by atoms with Gasteiger partial charge in [0.05, 0.1) is 0 Å². The number of nitrogens with one attached hydrogen (secondary N) is 1.